The highest BCUT2D eigenvalue weighted by atomic mass is 32.2. The fourth-order valence-corrected chi connectivity index (χ4v) is 5.48. The van der Waals surface area contributed by atoms with Gasteiger partial charge in [-0.25, -0.2) is 8.42 Å². The number of piperidine rings is 1. The number of benzene rings is 2. The molecule has 0 unspecified atom stereocenters. The first-order valence-electron chi connectivity index (χ1n) is 11.0. The minimum atomic E-state index is -3.69. The van der Waals surface area contributed by atoms with Crippen molar-refractivity contribution in [3.63, 3.8) is 0 Å². The van der Waals surface area contributed by atoms with E-state index in [1.165, 1.54) is 30.7 Å². The molecule has 1 saturated heterocycles. The monoisotopic (exact) mass is 476 g/mol. The van der Waals surface area contributed by atoms with Crippen LogP contribution in [0.5, 0.6) is 17.2 Å². The number of methoxy groups -OCH3 is 2. The van der Waals surface area contributed by atoms with Crippen LogP contribution in [-0.4, -0.2) is 64.5 Å². The van der Waals surface area contributed by atoms with Crippen molar-refractivity contribution in [1.29, 1.82) is 0 Å². The molecule has 0 bridgehead atoms. The molecule has 0 atom stereocenters. The van der Waals surface area contributed by atoms with Crippen LogP contribution < -0.4 is 14.2 Å². The Morgan fingerprint density at radius 1 is 1.03 bits per heavy atom. The van der Waals surface area contributed by atoms with Crippen molar-refractivity contribution in [3.8, 4) is 17.2 Å². The van der Waals surface area contributed by atoms with Gasteiger partial charge in [-0.1, -0.05) is 12.1 Å². The number of nitrogens with zero attached hydrogens (tertiary/aromatic N) is 2. The van der Waals surface area contributed by atoms with Crippen LogP contribution in [0.3, 0.4) is 0 Å². The minimum absolute atomic E-state index is 0.0343. The van der Waals surface area contributed by atoms with Crippen LogP contribution >= 0.6 is 0 Å². The summed E-state index contributed by atoms with van der Waals surface area (Å²) < 4.78 is 43.5. The number of ether oxygens (including phenoxy) is 3. The molecule has 1 heterocycles. The van der Waals surface area contributed by atoms with Crippen molar-refractivity contribution >= 4 is 15.9 Å². The van der Waals surface area contributed by atoms with E-state index in [4.69, 9.17) is 14.2 Å². The lowest BCUT2D eigenvalue weighted by Gasteiger charge is -2.32. The number of amides is 1. The third-order valence-electron chi connectivity index (χ3n) is 5.83. The maximum absolute atomic E-state index is 13.1. The highest BCUT2D eigenvalue weighted by Gasteiger charge is 2.33. The molecule has 2 aromatic carbocycles. The van der Waals surface area contributed by atoms with E-state index in [0.717, 1.165) is 11.3 Å². The van der Waals surface area contributed by atoms with E-state index in [2.05, 4.69) is 0 Å². The van der Waals surface area contributed by atoms with Crippen LogP contribution in [0, 0.1) is 5.92 Å². The summed E-state index contributed by atoms with van der Waals surface area (Å²) >= 11 is 0. The van der Waals surface area contributed by atoms with Gasteiger partial charge in [-0.3, -0.25) is 4.79 Å². The average molecular weight is 477 g/mol. The lowest BCUT2D eigenvalue weighted by atomic mass is 9.96. The van der Waals surface area contributed by atoms with E-state index in [1.54, 1.807) is 18.0 Å². The second-order valence-electron chi connectivity index (χ2n) is 7.97. The molecule has 1 aliphatic heterocycles. The average Bonchev–Trinajstić information content (AvgIpc) is 2.84. The van der Waals surface area contributed by atoms with Crippen LogP contribution in [0.25, 0.3) is 0 Å². The van der Waals surface area contributed by atoms with Crippen LogP contribution in [0.4, 0.5) is 0 Å². The fraction of sp³-hybridized carbons (Fsp3) is 0.458. The summed E-state index contributed by atoms with van der Waals surface area (Å²) in [5.74, 6) is 1.47. The van der Waals surface area contributed by atoms with E-state index >= 15 is 0 Å². The Morgan fingerprint density at radius 2 is 1.67 bits per heavy atom. The number of hydrogen-bond donors (Lipinski definition) is 0. The molecule has 2 aromatic rings. The fourth-order valence-electron chi connectivity index (χ4n) is 3.99. The molecule has 180 valence electrons. The molecule has 8 nitrogen and oxygen atoms in total. The van der Waals surface area contributed by atoms with E-state index in [9.17, 15) is 13.2 Å². The Bertz CT molecular complexity index is 1050. The molecule has 0 spiro atoms. The normalized spacial score (nSPS) is 15.2. The highest BCUT2D eigenvalue weighted by molar-refractivity contribution is 7.89. The van der Waals surface area contributed by atoms with E-state index < -0.39 is 10.0 Å². The molecule has 9 heteroatoms. The first-order valence-corrected chi connectivity index (χ1v) is 12.4. The Kier molecular flexibility index (Phi) is 8.20. The van der Waals surface area contributed by atoms with Crippen molar-refractivity contribution in [2.24, 2.45) is 5.92 Å². The first kappa shape index (κ1) is 24.9. The van der Waals surface area contributed by atoms with Gasteiger partial charge in [0.2, 0.25) is 15.9 Å². The van der Waals surface area contributed by atoms with Crippen molar-refractivity contribution in [3.05, 3.63) is 48.0 Å². The SMILES string of the molecule is CCOc1ccc(CN(C)C(=O)C2CCN(S(=O)(=O)c3ccc(OC)c(OC)c3)CC2)cc1. The van der Waals surface area contributed by atoms with Gasteiger partial charge in [0.1, 0.15) is 5.75 Å². The first-order chi connectivity index (χ1) is 15.8. The molecule has 33 heavy (non-hydrogen) atoms. The van der Waals surface area contributed by atoms with Crippen LogP contribution in [-0.2, 0) is 21.4 Å². The quantitative estimate of drug-likeness (QED) is 0.553. The molecule has 0 aromatic heterocycles. The van der Waals surface area contributed by atoms with E-state index in [1.807, 2.05) is 31.2 Å². The van der Waals surface area contributed by atoms with Crippen LogP contribution in [0.15, 0.2) is 47.4 Å². The van der Waals surface area contributed by atoms with E-state index in [0.29, 0.717) is 50.6 Å². The Morgan fingerprint density at radius 3 is 2.24 bits per heavy atom. The minimum Gasteiger partial charge on any atom is -0.494 e. The van der Waals surface area contributed by atoms with Crippen molar-refractivity contribution in [2.75, 3.05) is 41.0 Å². The molecule has 3 rings (SSSR count). The molecular weight excluding hydrogens is 444 g/mol. The maximum atomic E-state index is 13.1. The summed E-state index contributed by atoms with van der Waals surface area (Å²) in [6, 6.07) is 12.3. The van der Waals surface area contributed by atoms with Crippen LogP contribution in [0.1, 0.15) is 25.3 Å². The van der Waals surface area contributed by atoms with Gasteiger partial charge in [-0.15, -0.1) is 0 Å². The van der Waals surface area contributed by atoms with Gasteiger partial charge in [-0.2, -0.15) is 4.31 Å². The molecule has 1 amide bonds. The summed E-state index contributed by atoms with van der Waals surface area (Å²) in [4.78, 5) is 14.8. The Balaban J connectivity index is 1.59. The van der Waals surface area contributed by atoms with Gasteiger partial charge in [0, 0.05) is 38.7 Å². The number of sulfonamides is 1. The molecule has 1 aliphatic rings. The topological polar surface area (TPSA) is 85.4 Å². The second kappa shape index (κ2) is 10.9. The highest BCUT2D eigenvalue weighted by Crippen LogP contribution is 2.32. The molecular formula is C24H32N2O6S. The smallest absolute Gasteiger partial charge is 0.243 e. The van der Waals surface area contributed by atoms with Gasteiger partial charge in [0.25, 0.3) is 0 Å². The largest absolute Gasteiger partial charge is 0.494 e. The van der Waals surface area contributed by atoms with Gasteiger partial charge in [0.05, 0.1) is 25.7 Å². The Hall–Kier alpha value is -2.78. The molecule has 1 fully saturated rings. The second-order valence-corrected chi connectivity index (χ2v) is 9.90. The van der Waals surface area contributed by atoms with E-state index in [-0.39, 0.29) is 16.7 Å². The zero-order valence-corrected chi connectivity index (χ0v) is 20.4. The zero-order chi connectivity index (χ0) is 24.0. The molecule has 0 aliphatic carbocycles. The number of carbonyl (C=O) groups excluding carboxylic acids is 1. The maximum Gasteiger partial charge on any atom is 0.243 e. The van der Waals surface area contributed by atoms with Gasteiger partial charge in [0.15, 0.2) is 11.5 Å². The zero-order valence-electron chi connectivity index (χ0n) is 19.6. The molecule has 0 N–H and O–H groups in total. The number of carbonyl (C=O) groups is 1. The van der Waals surface area contributed by atoms with Crippen LogP contribution in [0.2, 0.25) is 0 Å². The van der Waals surface area contributed by atoms with Gasteiger partial charge >= 0.3 is 0 Å². The number of hydrogen-bond acceptors (Lipinski definition) is 6. The molecule has 0 saturated carbocycles. The third kappa shape index (κ3) is 5.78. The lowest BCUT2D eigenvalue weighted by molar-refractivity contribution is -0.135. The lowest BCUT2D eigenvalue weighted by Crippen LogP contribution is -2.43. The summed E-state index contributed by atoms with van der Waals surface area (Å²) in [6.07, 6.45) is 0.970. The predicted molar refractivity (Wildman–Crippen MR) is 125 cm³/mol. The van der Waals surface area contributed by atoms with Gasteiger partial charge in [-0.05, 0) is 49.6 Å². The van der Waals surface area contributed by atoms with Crippen molar-refractivity contribution in [1.82, 2.24) is 9.21 Å². The molecule has 0 radical (unpaired) electrons. The Labute approximate surface area is 196 Å². The standard InChI is InChI=1S/C24H32N2O6S/c1-5-32-20-8-6-18(7-9-20)17-25(2)24(27)19-12-14-26(15-13-19)33(28,29)21-10-11-22(30-3)23(16-21)31-4/h6-11,16,19H,5,12-15,17H2,1-4H3. The third-order valence-corrected chi connectivity index (χ3v) is 7.72. The summed E-state index contributed by atoms with van der Waals surface area (Å²) in [6.45, 7) is 3.63. The van der Waals surface area contributed by atoms with Crippen molar-refractivity contribution in [2.45, 2.75) is 31.2 Å². The predicted octanol–water partition coefficient (Wildman–Crippen LogP) is 3.16. The summed E-state index contributed by atoms with van der Waals surface area (Å²) in [5.41, 5.74) is 1.02. The summed E-state index contributed by atoms with van der Waals surface area (Å²) in [7, 11) is 1.07. The summed E-state index contributed by atoms with van der Waals surface area (Å²) in [5, 5.41) is 0. The van der Waals surface area contributed by atoms with Gasteiger partial charge < -0.3 is 19.1 Å². The van der Waals surface area contributed by atoms with Crippen molar-refractivity contribution < 1.29 is 27.4 Å². The number of rotatable bonds is 9.